The van der Waals surface area contributed by atoms with Gasteiger partial charge in [-0.25, -0.2) is 8.42 Å². The topological polar surface area (TPSA) is 73.2 Å². The fourth-order valence-electron chi connectivity index (χ4n) is 2.25. The Morgan fingerprint density at radius 3 is 2.74 bits per heavy atom. The lowest BCUT2D eigenvalue weighted by Gasteiger charge is -2.21. The normalized spacial score (nSPS) is 14.4. The van der Waals surface area contributed by atoms with E-state index < -0.39 is 9.84 Å². The molecule has 1 aromatic carbocycles. The first-order chi connectivity index (χ1) is 10.9. The zero-order chi connectivity index (χ0) is 16.9. The van der Waals surface area contributed by atoms with E-state index in [9.17, 15) is 8.42 Å². The van der Waals surface area contributed by atoms with Crippen LogP contribution in [0.4, 0.5) is 0 Å². The van der Waals surface area contributed by atoms with E-state index in [1.54, 1.807) is 30.5 Å². The van der Waals surface area contributed by atoms with E-state index in [0.717, 1.165) is 0 Å². The van der Waals surface area contributed by atoms with Gasteiger partial charge in [0.15, 0.2) is 9.84 Å². The minimum atomic E-state index is -3.33. The first-order valence-electron chi connectivity index (χ1n) is 7.53. The van der Waals surface area contributed by atoms with Crippen molar-refractivity contribution in [2.24, 2.45) is 0 Å². The molecule has 7 heteroatoms. The number of aromatic nitrogens is 2. The maximum absolute atomic E-state index is 12.4. The molecule has 0 bridgehead atoms. The fourth-order valence-corrected chi connectivity index (χ4v) is 3.46. The van der Waals surface area contributed by atoms with Gasteiger partial charge in [0.25, 0.3) is 0 Å². The summed E-state index contributed by atoms with van der Waals surface area (Å²) < 4.78 is 31.7. The highest BCUT2D eigenvalue weighted by Crippen LogP contribution is 2.18. The van der Waals surface area contributed by atoms with Crippen LogP contribution < -0.4 is 10.1 Å². The summed E-state index contributed by atoms with van der Waals surface area (Å²) in [6.07, 6.45) is 3.63. The van der Waals surface area contributed by atoms with Crippen LogP contribution in [0.5, 0.6) is 5.75 Å². The lowest BCUT2D eigenvalue weighted by Crippen LogP contribution is -2.36. The molecule has 0 aliphatic rings. The Balaban J connectivity index is 1.91. The summed E-state index contributed by atoms with van der Waals surface area (Å²) in [5.74, 6) is 0.579. The summed E-state index contributed by atoms with van der Waals surface area (Å²) in [6, 6.07) is 8.67. The van der Waals surface area contributed by atoms with Crippen LogP contribution in [0.15, 0.2) is 47.6 Å². The number of hydrogen-bond acceptors (Lipinski definition) is 5. The highest BCUT2D eigenvalue weighted by Gasteiger charge is 2.17. The molecule has 0 saturated heterocycles. The van der Waals surface area contributed by atoms with Crippen molar-refractivity contribution < 1.29 is 13.2 Å². The van der Waals surface area contributed by atoms with Crippen LogP contribution in [0.25, 0.3) is 0 Å². The smallest absolute Gasteiger partial charge is 0.179 e. The van der Waals surface area contributed by atoms with Crippen LogP contribution in [-0.2, 0) is 9.84 Å². The van der Waals surface area contributed by atoms with Gasteiger partial charge < -0.3 is 10.1 Å². The monoisotopic (exact) mass is 337 g/mol. The van der Waals surface area contributed by atoms with Crippen molar-refractivity contribution in [3.63, 3.8) is 0 Å². The summed E-state index contributed by atoms with van der Waals surface area (Å²) >= 11 is 0. The molecule has 0 aliphatic carbocycles. The van der Waals surface area contributed by atoms with Gasteiger partial charge in [0.2, 0.25) is 0 Å². The van der Waals surface area contributed by atoms with Crippen molar-refractivity contribution in [2.75, 3.05) is 19.4 Å². The van der Waals surface area contributed by atoms with Crippen LogP contribution in [0.2, 0.25) is 0 Å². The molecule has 0 saturated carbocycles. The Morgan fingerprint density at radius 1 is 1.30 bits per heavy atom. The second-order valence-electron chi connectivity index (χ2n) is 5.47. The number of methoxy groups -OCH3 is 1. The average molecular weight is 337 g/mol. The van der Waals surface area contributed by atoms with E-state index >= 15 is 0 Å². The molecule has 0 radical (unpaired) electrons. The van der Waals surface area contributed by atoms with E-state index in [2.05, 4.69) is 10.4 Å². The van der Waals surface area contributed by atoms with Crippen molar-refractivity contribution in [3.05, 3.63) is 42.7 Å². The number of nitrogens with zero attached hydrogens (tertiary/aromatic N) is 2. The van der Waals surface area contributed by atoms with E-state index in [1.165, 1.54) is 7.11 Å². The fraction of sp³-hybridized carbons (Fsp3) is 0.438. The molecule has 0 unspecified atom stereocenters. The molecule has 1 aromatic heterocycles. The van der Waals surface area contributed by atoms with E-state index in [4.69, 9.17) is 4.74 Å². The van der Waals surface area contributed by atoms with Crippen molar-refractivity contribution >= 4 is 9.84 Å². The number of nitrogens with one attached hydrogen (secondary N) is 1. The predicted molar refractivity (Wildman–Crippen MR) is 89.4 cm³/mol. The second-order valence-corrected chi connectivity index (χ2v) is 7.58. The van der Waals surface area contributed by atoms with Crippen LogP contribution in [0.3, 0.4) is 0 Å². The third-order valence-corrected chi connectivity index (χ3v) is 5.62. The van der Waals surface area contributed by atoms with Gasteiger partial charge >= 0.3 is 0 Å². The number of sulfone groups is 1. The molecule has 6 nitrogen and oxygen atoms in total. The number of hydrogen-bond donors (Lipinski definition) is 1. The third kappa shape index (κ3) is 4.56. The van der Waals surface area contributed by atoms with Gasteiger partial charge in [-0.3, -0.25) is 4.68 Å². The number of ether oxygens (including phenoxy) is 1. The Morgan fingerprint density at radius 2 is 2.09 bits per heavy atom. The zero-order valence-electron chi connectivity index (χ0n) is 13.6. The molecule has 0 aliphatic heterocycles. The number of rotatable bonds is 8. The van der Waals surface area contributed by atoms with Gasteiger partial charge in [-0.15, -0.1) is 0 Å². The van der Waals surface area contributed by atoms with E-state index in [1.807, 2.05) is 30.8 Å². The Kier molecular flexibility index (Phi) is 5.79. The predicted octanol–water partition coefficient (Wildman–Crippen LogP) is 1.90. The summed E-state index contributed by atoms with van der Waals surface area (Å²) in [6.45, 7) is 4.44. The zero-order valence-corrected chi connectivity index (χ0v) is 14.5. The minimum absolute atomic E-state index is 0.0380. The Bertz CT molecular complexity index is 714. The second kappa shape index (κ2) is 7.61. The summed E-state index contributed by atoms with van der Waals surface area (Å²) in [7, 11) is -1.81. The molecular weight excluding hydrogens is 314 g/mol. The molecule has 0 spiro atoms. The van der Waals surface area contributed by atoms with Crippen LogP contribution >= 0.6 is 0 Å². The highest BCUT2D eigenvalue weighted by molar-refractivity contribution is 7.91. The summed E-state index contributed by atoms with van der Waals surface area (Å²) in [4.78, 5) is 0.284. The lowest BCUT2D eigenvalue weighted by molar-refractivity contribution is 0.372. The summed E-state index contributed by atoms with van der Waals surface area (Å²) in [5.41, 5.74) is 0. The quantitative estimate of drug-likeness (QED) is 0.796. The average Bonchev–Trinajstić information content (AvgIpc) is 3.08. The largest absolute Gasteiger partial charge is 0.497 e. The molecule has 0 fully saturated rings. The van der Waals surface area contributed by atoms with Crippen LogP contribution in [0, 0.1) is 0 Å². The maximum Gasteiger partial charge on any atom is 0.179 e. The first kappa shape index (κ1) is 17.5. The molecule has 1 heterocycles. The van der Waals surface area contributed by atoms with Crippen LogP contribution in [0.1, 0.15) is 19.9 Å². The van der Waals surface area contributed by atoms with Crippen molar-refractivity contribution in [2.45, 2.75) is 30.8 Å². The Hall–Kier alpha value is -1.86. The minimum Gasteiger partial charge on any atom is -0.497 e. The molecule has 23 heavy (non-hydrogen) atoms. The van der Waals surface area contributed by atoms with E-state index in [0.29, 0.717) is 12.3 Å². The van der Waals surface area contributed by atoms with E-state index in [-0.39, 0.29) is 22.7 Å². The standard InChI is InChI=1S/C16H23N3O3S/c1-13(14(2)19-10-5-8-18-19)17-9-11-23(20,21)16-7-4-6-15(12-16)22-3/h4-8,10,12-14,17H,9,11H2,1-3H3/t13-,14-/m0/s1. The maximum atomic E-state index is 12.4. The molecule has 2 rings (SSSR count). The van der Waals surface area contributed by atoms with Crippen molar-refractivity contribution in [1.82, 2.24) is 15.1 Å². The number of benzene rings is 1. The lowest BCUT2D eigenvalue weighted by atomic mass is 10.2. The van der Waals surface area contributed by atoms with Gasteiger partial charge in [-0.05, 0) is 38.1 Å². The van der Waals surface area contributed by atoms with Crippen LogP contribution in [-0.4, -0.2) is 43.6 Å². The highest BCUT2D eigenvalue weighted by atomic mass is 32.2. The molecular formula is C16H23N3O3S. The molecule has 2 atom stereocenters. The SMILES string of the molecule is COc1cccc(S(=O)(=O)CCN[C@@H](C)[C@H](C)n2cccn2)c1. The van der Waals surface area contributed by atoms with Gasteiger partial charge in [0.1, 0.15) is 5.75 Å². The Labute approximate surface area is 137 Å². The third-order valence-electron chi connectivity index (χ3n) is 3.90. The summed E-state index contributed by atoms with van der Waals surface area (Å²) in [5, 5.41) is 7.46. The first-order valence-corrected chi connectivity index (χ1v) is 9.18. The molecule has 0 amide bonds. The molecule has 126 valence electrons. The van der Waals surface area contributed by atoms with Crippen molar-refractivity contribution in [1.29, 1.82) is 0 Å². The van der Waals surface area contributed by atoms with Crippen molar-refractivity contribution in [3.8, 4) is 5.75 Å². The van der Waals surface area contributed by atoms with Gasteiger partial charge in [-0.2, -0.15) is 5.10 Å². The van der Waals surface area contributed by atoms with Gasteiger partial charge in [0.05, 0.1) is 23.8 Å². The van der Waals surface area contributed by atoms with Gasteiger partial charge in [0, 0.05) is 25.0 Å². The molecule has 2 aromatic rings. The van der Waals surface area contributed by atoms with Gasteiger partial charge in [-0.1, -0.05) is 6.07 Å². The molecule has 1 N–H and O–H groups in total.